The average molecular weight is 400 g/mol. The van der Waals surface area contributed by atoms with Gasteiger partial charge in [-0.2, -0.15) is 0 Å². The smallest absolute Gasteiger partial charge is 0.276 e. The lowest BCUT2D eigenvalue weighted by atomic mass is 10.1. The molecule has 0 saturated heterocycles. The van der Waals surface area contributed by atoms with E-state index >= 15 is 0 Å². The maximum absolute atomic E-state index is 11.9. The first kappa shape index (κ1) is 17.9. The molecule has 2 aromatic carbocycles. The summed E-state index contributed by atoms with van der Waals surface area (Å²) in [4.78, 5) is 16.3. The van der Waals surface area contributed by atoms with Gasteiger partial charge in [-0.3, -0.25) is 4.79 Å². The largest absolute Gasteiger partial charge is 0.497 e. The van der Waals surface area contributed by atoms with Crippen molar-refractivity contribution in [1.29, 1.82) is 0 Å². The number of anilines is 1. The summed E-state index contributed by atoms with van der Waals surface area (Å²) in [5.41, 5.74) is 3.29. The highest BCUT2D eigenvalue weighted by atomic mass is 35.6. The summed E-state index contributed by atoms with van der Waals surface area (Å²) in [5.74, 6) is 0.361. The molecule has 0 unspecified atom stereocenters. The molecule has 3 aromatic rings. The van der Waals surface area contributed by atoms with Gasteiger partial charge in [0.1, 0.15) is 11.3 Å². The normalized spacial score (nSPS) is 11.6. The SMILES string of the molecule is COc1ccc2oc(-c3ccc(C)c(NC(=O)C(Cl)(Cl)Cl)c3)nc2c1. The Bertz CT molecular complexity index is 948. The van der Waals surface area contributed by atoms with Crippen LogP contribution >= 0.6 is 34.8 Å². The van der Waals surface area contributed by atoms with Crippen molar-refractivity contribution in [3.05, 3.63) is 42.0 Å². The summed E-state index contributed by atoms with van der Waals surface area (Å²) >= 11 is 16.8. The highest BCUT2D eigenvalue weighted by molar-refractivity contribution is 6.76. The Balaban J connectivity index is 1.98. The van der Waals surface area contributed by atoms with Crippen LogP contribution in [0.3, 0.4) is 0 Å². The van der Waals surface area contributed by atoms with Crippen LogP contribution in [0.25, 0.3) is 22.6 Å². The molecular weight excluding hydrogens is 387 g/mol. The van der Waals surface area contributed by atoms with Crippen LogP contribution in [0.2, 0.25) is 0 Å². The summed E-state index contributed by atoms with van der Waals surface area (Å²) in [5, 5.41) is 2.59. The third-order valence-electron chi connectivity index (χ3n) is 3.58. The fourth-order valence-corrected chi connectivity index (χ4v) is 2.38. The number of hydrogen-bond acceptors (Lipinski definition) is 4. The zero-order valence-corrected chi connectivity index (χ0v) is 15.5. The number of amides is 1. The lowest BCUT2D eigenvalue weighted by molar-refractivity contribution is -0.115. The first-order valence-corrected chi connectivity index (χ1v) is 8.35. The van der Waals surface area contributed by atoms with Crippen molar-refractivity contribution in [3.63, 3.8) is 0 Å². The predicted molar refractivity (Wildman–Crippen MR) is 99.7 cm³/mol. The van der Waals surface area contributed by atoms with Gasteiger partial charge in [-0.15, -0.1) is 0 Å². The van der Waals surface area contributed by atoms with E-state index in [0.29, 0.717) is 34.0 Å². The highest BCUT2D eigenvalue weighted by Gasteiger charge is 2.31. The van der Waals surface area contributed by atoms with E-state index < -0.39 is 9.70 Å². The topological polar surface area (TPSA) is 64.4 Å². The molecule has 130 valence electrons. The zero-order valence-electron chi connectivity index (χ0n) is 13.3. The Morgan fingerprint density at radius 3 is 2.64 bits per heavy atom. The van der Waals surface area contributed by atoms with E-state index in [-0.39, 0.29) is 0 Å². The molecule has 0 atom stereocenters. The zero-order chi connectivity index (χ0) is 18.2. The molecule has 1 heterocycles. The van der Waals surface area contributed by atoms with Gasteiger partial charge < -0.3 is 14.5 Å². The van der Waals surface area contributed by atoms with Gasteiger partial charge >= 0.3 is 0 Å². The molecule has 0 aliphatic rings. The number of aromatic nitrogens is 1. The summed E-state index contributed by atoms with van der Waals surface area (Å²) in [6, 6.07) is 10.7. The van der Waals surface area contributed by atoms with E-state index in [4.69, 9.17) is 44.0 Å². The number of fused-ring (bicyclic) bond motifs is 1. The number of rotatable bonds is 3. The second-order valence-electron chi connectivity index (χ2n) is 5.33. The number of methoxy groups -OCH3 is 1. The lowest BCUT2D eigenvalue weighted by Gasteiger charge is -2.13. The van der Waals surface area contributed by atoms with Crippen LogP contribution in [0.1, 0.15) is 5.56 Å². The lowest BCUT2D eigenvalue weighted by Crippen LogP contribution is -2.27. The Morgan fingerprint density at radius 2 is 1.96 bits per heavy atom. The van der Waals surface area contributed by atoms with Crippen molar-refractivity contribution in [2.24, 2.45) is 0 Å². The highest BCUT2D eigenvalue weighted by Crippen LogP contribution is 2.32. The average Bonchev–Trinajstić information content (AvgIpc) is 2.98. The molecule has 0 bridgehead atoms. The number of aryl methyl sites for hydroxylation is 1. The quantitative estimate of drug-likeness (QED) is 0.621. The standard InChI is InChI=1S/C17H13Cl3N2O3/c1-9-3-4-10(7-12(9)22-16(23)17(18,19)20)15-21-13-8-11(24-2)5-6-14(13)25-15/h3-8H,1-2H3,(H,22,23). The molecule has 1 N–H and O–H groups in total. The van der Waals surface area contributed by atoms with Gasteiger partial charge in [0.2, 0.25) is 5.89 Å². The molecule has 1 amide bonds. The van der Waals surface area contributed by atoms with E-state index in [1.807, 2.05) is 19.1 Å². The van der Waals surface area contributed by atoms with Gasteiger partial charge in [0.25, 0.3) is 9.70 Å². The Labute approximate surface area is 158 Å². The van der Waals surface area contributed by atoms with Crippen molar-refractivity contribution in [3.8, 4) is 17.2 Å². The van der Waals surface area contributed by atoms with Crippen molar-refractivity contribution in [2.75, 3.05) is 12.4 Å². The van der Waals surface area contributed by atoms with Crippen LogP contribution in [0.5, 0.6) is 5.75 Å². The van der Waals surface area contributed by atoms with Crippen LogP contribution in [0, 0.1) is 6.92 Å². The van der Waals surface area contributed by atoms with E-state index in [9.17, 15) is 4.79 Å². The van der Waals surface area contributed by atoms with Gasteiger partial charge in [-0.25, -0.2) is 4.98 Å². The third kappa shape index (κ3) is 3.84. The number of halogens is 3. The van der Waals surface area contributed by atoms with E-state index in [1.54, 1.807) is 31.4 Å². The summed E-state index contributed by atoms with van der Waals surface area (Å²) in [6.07, 6.45) is 0. The first-order valence-electron chi connectivity index (χ1n) is 7.21. The van der Waals surface area contributed by atoms with Gasteiger partial charge in [-0.05, 0) is 36.8 Å². The van der Waals surface area contributed by atoms with E-state index in [1.165, 1.54) is 0 Å². The minimum absolute atomic E-state index is 0.410. The number of benzene rings is 2. The minimum Gasteiger partial charge on any atom is -0.497 e. The Kier molecular flexibility index (Phi) is 4.82. The molecule has 0 radical (unpaired) electrons. The maximum Gasteiger partial charge on any atom is 0.276 e. The number of alkyl halides is 3. The van der Waals surface area contributed by atoms with Crippen LogP contribution in [-0.2, 0) is 4.79 Å². The minimum atomic E-state index is -2.05. The molecule has 0 fully saturated rings. The number of oxazole rings is 1. The molecule has 0 aliphatic carbocycles. The molecule has 8 heteroatoms. The molecule has 1 aromatic heterocycles. The number of ether oxygens (including phenoxy) is 1. The number of nitrogens with one attached hydrogen (secondary N) is 1. The van der Waals surface area contributed by atoms with Gasteiger partial charge in [0.15, 0.2) is 5.58 Å². The van der Waals surface area contributed by atoms with Crippen LogP contribution < -0.4 is 10.1 Å². The molecule has 0 saturated carbocycles. The number of carbonyl (C=O) groups excluding carboxylic acids is 1. The second kappa shape index (κ2) is 6.75. The third-order valence-corrected chi connectivity index (χ3v) is 4.10. The molecule has 3 rings (SSSR count). The van der Waals surface area contributed by atoms with Crippen molar-refractivity contribution < 1.29 is 13.9 Å². The van der Waals surface area contributed by atoms with Crippen LogP contribution in [-0.4, -0.2) is 21.8 Å². The monoisotopic (exact) mass is 398 g/mol. The molecule has 25 heavy (non-hydrogen) atoms. The van der Waals surface area contributed by atoms with Crippen LogP contribution in [0.15, 0.2) is 40.8 Å². The summed E-state index contributed by atoms with van der Waals surface area (Å²) < 4.78 is 8.90. The molecule has 0 spiro atoms. The van der Waals surface area contributed by atoms with Crippen LogP contribution in [0.4, 0.5) is 5.69 Å². The van der Waals surface area contributed by atoms with Crippen molar-refractivity contribution in [1.82, 2.24) is 4.98 Å². The fraction of sp³-hybridized carbons (Fsp3) is 0.176. The number of hydrogen-bond donors (Lipinski definition) is 1. The molecular formula is C17H13Cl3N2O3. The molecule has 5 nitrogen and oxygen atoms in total. The number of nitrogens with zero attached hydrogens (tertiary/aromatic N) is 1. The number of carbonyl (C=O) groups is 1. The van der Waals surface area contributed by atoms with Gasteiger partial charge in [0, 0.05) is 17.3 Å². The Hall–Kier alpha value is -1.95. The maximum atomic E-state index is 11.9. The van der Waals surface area contributed by atoms with Gasteiger partial charge in [0.05, 0.1) is 7.11 Å². The fourth-order valence-electron chi connectivity index (χ4n) is 2.24. The van der Waals surface area contributed by atoms with Crippen molar-refractivity contribution in [2.45, 2.75) is 10.7 Å². The first-order chi connectivity index (χ1) is 11.8. The van der Waals surface area contributed by atoms with Crippen molar-refractivity contribution >= 4 is 57.5 Å². The Morgan fingerprint density at radius 1 is 1.20 bits per heavy atom. The summed E-state index contributed by atoms with van der Waals surface area (Å²) in [6.45, 7) is 1.83. The van der Waals surface area contributed by atoms with E-state index in [0.717, 1.165) is 5.56 Å². The van der Waals surface area contributed by atoms with Gasteiger partial charge in [-0.1, -0.05) is 40.9 Å². The van der Waals surface area contributed by atoms with E-state index in [2.05, 4.69) is 10.3 Å². The second-order valence-corrected chi connectivity index (χ2v) is 7.62. The molecule has 0 aliphatic heterocycles. The summed E-state index contributed by atoms with van der Waals surface area (Å²) in [7, 11) is 1.59. The predicted octanol–water partition coefficient (Wildman–Crippen LogP) is 5.12.